The van der Waals surface area contributed by atoms with Crippen LogP contribution < -0.4 is 0 Å². The number of fused-ring (bicyclic) bond motifs is 3. The molecule has 3 aromatic rings. The van der Waals surface area contributed by atoms with Gasteiger partial charge in [-0.2, -0.15) is 0 Å². The highest BCUT2D eigenvalue weighted by atomic mass is 35.5. The van der Waals surface area contributed by atoms with Crippen molar-refractivity contribution in [1.29, 1.82) is 0 Å². The van der Waals surface area contributed by atoms with Crippen molar-refractivity contribution in [3.63, 3.8) is 0 Å². The smallest absolute Gasteiger partial charge is 0.310 e. The number of benzene rings is 2. The van der Waals surface area contributed by atoms with Gasteiger partial charge in [0, 0.05) is 29.6 Å². The summed E-state index contributed by atoms with van der Waals surface area (Å²) in [4.78, 5) is 16.9. The van der Waals surface area contributed by atoms with Crippen LogP contribution in [0.1, 0.15) is 23.7 Å². The maximum atomic E-state index is 12.1. The van der Waals surface area contributed by atoms with Crippen LogP contribution in [0.4, 0.5) is 0 Å². The fraction of sp³-hybridized carbons (Fsp3) is 0.238. The Labute approximate surface area is 158 Å². The number of hydrogen-bond acceptors (Lipinski definition) is 3. The van der Waals surface area contributed by atoms with Crippen molar-refractivity contribution in [3.05, 3.63) is 71.4 Å². The lowest BCUT2D eigenvalue weighted by atomic mass is 10.1. The van der Waals surface area contributed by atoms with Gasteiger partial charge in [0.2, 0.25) is 0 Å². The minimum Gasteiger partial charge on any atom is -0.466 e. The lowest BCUT2D eigenvalue weighted by Crippen LogP contribution is -2.23. The molecule has 1 aromatic heterocycles. The third-order valence-electron chi connectivity index (χ3n) is 4.57. The molecule has 0 saturated heterocycles. The summed E-state index contributed by atoms with van der Waals surface area (Å²) in [5, 5.41) is 1.11. The second-order valence-corrected chi connectivity index (χ2v) is 6.08. The number of nitrogens with zero attached hydrogens (tertiary/aromatic N) is 2. The largest absolute Gasteiger partial charge is 0.466 e. The van der Waals surface area contributed by atoms with Crippen LogP contribution in [0.5, 0.6) is 0 Å². The van der Waals surface area contributed by atoms with E-state index in [-0.39, 0.29) is 18.4 Å². The van der Waals surface area contributed by atoms with Gasteiger partial charge in [-0.15, -0.1) is 12.4 Å². The number of aromatic nitrogens is 1. The summed E-state index contributed by atoms with van der Waals surface area (Å²) in [6.07, 6.45) is 1.14. The van der Waals surface area contributed by atoms with Crippen molar-refractivity contribution in [1.82, 2.24) is 4.57 Å². The van der Waals surface area contributed by atoms with E-state index in [9.17, 15) is 4.79 Å². The zero-order valence-electron chi connectivity index (χ0n) is 14.6. The molecule has 5 heteroatoms. The molecule has 26 heavy (non-hydrogen) atoms. The second-order valence-electron chi connectivity index (χ2n) is 6.08. The van der Waals surface area contributed by atoms with Gasteiger partial charge in [-0.25, -0.2) is 0 Å². The Bertz CT molecular complexity index is 961. The van der Waals surface area contributed by atoms with Crippen molar-refractivity contribution < 1.29 is 9.53 Å². The summed E-state index contributed by atoms with van der Waals surface area (Å²) >= 11 is 0. The third-order valence-corrected chi connectivity index (χ3v) is 4.57. The van der Waals surface area contributed by atoms with E-state index in [2.05, 4.69) is 28.8 Å². The normalized spacial score (nSPS) is 12.9. The fourth-order valence-corrected chi connectivity index (χ4v) is 3.56. The Morgan fingerprint density at radius 3 is 2.62 bits per heavy atom. The Kier molecular flexibility index (Phi) is 5.43. The summed E-state index contributed by atoms with van der Waals surface area (Å²) in [5.74, 6) is 0.776. The summed E-state index contributed by atoms with van der Waals surface area (Å²) in [6.45, 7) is 2.98. The summed E-state index contributed by atoms with van der Waals surface area (Å²) < 4.78 is 7.40. The number of carbonyl (C=O) groups is 1. The first-order valence-corrected chi connectivity index (χ1v) is 8.66. The van der Waals surface area contributed by atoms with Crippen LogP contribution in [-0.4, -0.2) is 29.5 Å². The van der Waals surface area contributed by atoms with E-state index >= 15 is 0 Å². The van der Waals surface area contributed by atoms with Crippen LogP contribution in [0.3, 0.4) is 0 Å². The molecule has 0 amide bonds. The number of rotatable bonds is 4. The molecule has 0 saturated carbocycles. The number of hydrogen-bond donors (Lipinski definition) is 0. The maximum Gasteiger partial charge on any atom is 0.310 e. The molecule has 0 aliphatic carbocycles. The number of esters is 1. The molecule has 0 N–H and O–H groups in total. The number of ether oxygens (including phenoxy) is 1. The average Bonchev–Trinajstić information content (AvgIpc) is 2.97. The van der Waals surface area contributed by atoms with Gasteiger partial charge in [0.1, 0.15) is 5.84 Å². The fourth-order valence-electron chi connectivity index (χ4n) is 3.56. The predicted molar refractivity (Wildman–Crippen MR) is 106 cm³/mol. The molecular weight excluding hydrogens is 348 g/mol. The Hall–Kier alpha value is -2.59. The quantitative estimate of drug-likeness (QED) is 0.653. The molecule has 4 nitrogen and oxygen atoms in total. The van der Waals surface area contributed by atoms with Crippen LogP contribution in [0.15, 0.2) is 59.6 Å². The van der Waals surface area contributed by atoms with Crippen molar-refractivity contribution in [2.24, 2.45) is 4.99 Å². The third kappa shape index (κ3) is 3.13. The number of aliphatic imine (C=N–C) groups is 1. The Morgan fingerprint density at radius 1 is 1.12 bits per heavy atom. The highest BCUT2D eigenvalue weighted by molar-refractivity contribution is 6.08. The van der Waals surface area contributed by atoms with Crippen molar-refractivity contribution in [2.75, 3.05) is 13.2 Å². The lowest BCUT2D eigenvalue weighted by molar-refractivity contribution is -0.142. The molecule has 1 aliphatic heterocycles. The molecule has 0 radical (unpaired) electrons. The second kappa shape index (κ2) is 7.75. The van der Waals surface area contributed by atoms with Gasteiger partial charge in [0.15, 0.2) is 0 Å². The average molecular weight is 369 g/mol. The van der Waals surface area contributed by atoms with Crippen LogP contribution in [0, 0.1) is 0 Å². The van der Waals surface area contributed by atoms with E-state index in [1.54, 1.807) is 0 Å². The van der Waals surface area contributed by atoms with Gasteiger partial charge in [0.05, 0.1) is 18.5 Å². The molecule has 0 unspecified atom stereocenters. The Morgan fingerprint density at radius 2 is 1.85 bits per heavy atom. The van der Waals surface area contributed by atoms with Crippen LogP contribution in [0.25, 0.3) is 10.9 Å². The molecule has 2 aromatic carbocycles. The van der Waals surface area contributed by atoms with Gasteiger partial charge < -0.3 is 4.74 Å². The first kappa shape index (κ1) is 18.2. The molecule has 4 rings (SSSR count). The van der Waals surface area contributed by atoms with Crippen molar-refractivity contribution in [2.45, 2.75) is 19.8 Å². The maximum absolute atomic E-state index is 12.1. The standard InChI is InChI=1S/C21H20N2O2.ClH/c1-2-25-20(24)14-17-16-10-6-7-11-18(16)23-19(17)12-13-22-21(23)15-8-4-3-5-9-15;/h3-11H,2,12-14H2,1H3;1H. The van der Waals surface area contributed by atoms with Gasteiger partial charge in [-0.1, -0.05) is 48.5 Å². The molecule has 134 valence electrons. The molecule has 0 fully saturated rings. The van der Waals surface area contributed by atoms with E-state index in [1.165, 1.54) is 5.69 Å². The molecule has 2 heterocycles. The summed E-state index contributed by atoms with van der Waals surface area (Å²) in [5.41, 5.74) is 4.42. The van der Waals surface area contributed by atoms with E-state index in [4.69, 9.17) is 9.73 Å². The van der Waals surface area contributed by atoms with Gasteiger partial charge in [-0.05, 0) is 18.6 Å². The highest BCUT2D eigenvalue weighted by Crippen LogP contribution is 2.30. The minimum atomic E-state index is -0.176. The van der Waals surface area contributed by atoms with Crippen molar-refractivity contribution in [3.8, 4) is 0 Å². The van der Waals surface area contributed by atoms with E-state index in [0.717, 1.165) is 40.8 Å². The van der Waals surface area contributed by atoms with Gasteiger partial charge in [-0.3, -0.25) is 14.4 Å². The summed E-state index contributed by atoms with van der Waals surface area (Å²) in [6, 6.07) is 18.4. The van der Waals surface area contributed by atoms with Crippen LogP contribution in [-0.2, 0) is 22.4 Å². The molecule has 0 bridgehead atoms. The SMILES string of the molecule is CCOC(=O)Cc1c2n(c3ccccc13)C(c1ccccc1)=NCC2.Cl. The number of para-hydroxylation sites is 1. The van der Waals surface area contributed by atoms with Gasteiger partial charge >= 0.3 is 5.97 Å². The monoisotopic (exact) mass is 368 g/mol. The summed E-state index contributed by atoms with van der Waals surface area (Å²) in [7, 11) is 0. The highest BCUT2D eigenvalue weighted by Gasteiger charge is 2.24. The Balaban J connectivity index is 0.00000196. The molecule has 0 spiro atoms. The lowest BCUT2D eigenvalue weighted by Gasteiger charge is -2.19. The van der Waals surface area contributed by atoms with E-state index < -0.39 is 0 Å². The predicted octanol–water partition coefficient (Wildman–Crippen LogP) is 4.02. The molecule has 0 atom stereocenters. The first-order chi connectivity index (χ1) is 12.3. The topological polar surface area (TPSA) is 43.6 Å². The van der Waals surface area contributed by atoms with E-state index in [1.807, 2.05) is 37.3 Å². The molecular formula is C21H21ClN2O2. The first-order valence-electron chi connectivity index (χ1n) is 8.66. The zero-order chi connectivity index (χ0) is 17.2. The van der Waals surface area contributed by atoms with Crippen molar-refractivity contribution >= 4 is 35.1 Å². The van der Waals surface area contributed by atoms with Crippen LogP contribution in [0.2, 0.25) is 0 Å². The molecule has 1 aliphatic rings. The van der Waals surface area contributed by atoms with Crippen LogP contribution >= 0.6 is 12.4 Å². The number of carbonyl (C=O) groups excluding carboxylic acids is 1. The van der Waals surface area contributed by atoms with Gasteiger partial charge in [0.25, 0.3) is 0 Å². The zero-order valence-corrected chi connectivity index (χ0v) is 15.5. The van der Waals surface area contributed by atoms with E-state index in [0.29, 0.717) is 13.0 Å². The number of halogens is 1. The minimum absolute atomic E-state index is 0.